The van der Waals surface area contributed by atoms with E-state index < -0.39 is 23.6 Å². The monoisotopic (exact) mass is 612 g/mol. The zero-order valence-corrected chi connectivity index (χ0v) is 23.4. The molecule has 0 saturated carbocycles. The number of rotatable bonds is 7. The highest BCUT2D eigenvalue weighted by atomic mass is 32.2. The summed E-state index contributed by atoms with van der Waals surface area (Å²) in [4.78, 5) is 21.9. The number of fused-ring (bicyclic) bond motifs is 2. The van der Waals surface area contributed by atoms with Crippen molar-refractivity contribution < 1.29 is 26.9 Å². The van der Waals surface area contributed by atoms with Gasteiger partial charge in [-0.1, -0.05) is 5.16 Å². The second-order valence-electron chi connectivity index (χ2n) is 10.2. The van der Waals surface area contributed by atoms with Crippen LogP contribution in [0, 0.1) is 11.3 Å². The summed E-state index contributed by atoms with van der Waals surface area (Å²) in [6.45, 7) is 0.760. The number of nitrogens with zero attached hydrogens (tertiary/aromatic N) is 5. The van der Waals surface area contributed by atoms with Gasteiger partial charge < -0.3 is 29.4 Å². The van der Waals surface area contributed by atoms with Gasteiger partial charge in [-0.2, -0.15) is 23.4 Å². The van der Waals surface area contributed by atoms with Crippen LogP contribution in [0.2, 0.25) is 0 Å². The van der Waals surface area contributed by atoms with Gasteiger partial charge in [0.1, 0.15) is 12.2 Å². The summed E-state index contributed by atoms with van der Waals surface area (Å²) < 4.78 is 62.3. The van der Waals surface area contributed by atoms with E-state index in [1.54, 1.807) is 36.5 Å². The predicted octanol–water partition coefficient (Wildman–Crippen LogP) is 5.34. The zero-order valence-electron chi connectivity index (χ0n) is 22.6. The number of piperidine rings is 1. The minimum Gasteiger partial charge on any atom is -0.378 e. The summed E-state index contributed by atoms with van der Waals surface area (Å²) in [7, 11) is 1.84. The molecule has 0 bridgehead atoms. The van der Waals surface area contributed by atoms with Gasteiger partial charge in [-0.15, -0.1) is 0 Å². The quantitative estimate of drug-likeness (QED) is 0.166. The molecule has 5 aromatic rings. The van der Waals surface area contributed by atoms with Crippen LogP contribution in [0.4, 0.5) is 23.2 Å². The third kappa shape index (κ3) is 5.88. The van der Waals surface area contributed by atoms with E-state index in [2.05, 4.69) is 31.8 Å². The highest BCUT2D eigenvalue weighted by Crippen LogP contribution is 2.44. The van der Waals surface area contributed by atoms with Gasteiger partial charge in [-0.05, 0) is 49.9 Å². The van der Waals surface area contributed by atoms with E-state index in [4.69, 9.17) is 4.52 Å². The summed E-state index contributed by atoms with van der Waals surface area (Å²) in [6.07, 6.45) is 2.43. The molecule has 1 fully saturated rings. The fraction of sp³-hybridized carbons (Fsp3) is 0.286. The van der Waals surface area contributed by atoms with Crippen LogP contribution in [0.3, 0.4) is 0 Å². The lowest BCUT2D eigenvalue weighted by Crippen LogP contribution is -2.46. The molecule has 6 rings (SSSR count). The second kappa shape index (κ2) is 11.3. The number of alkyl halides is 4. The summed E-state index contributed by atoms with van der Waals surface area (Å²) in [5.74, 6) is -0.585. The van der Waals surface area contributed by atoms with Crippen molar-refractivity contribution in [3.8, 4) is 17.5 Å². The Bertz CT molecular complexity index is 1860. The van der Waals surface area contributed by atoms with Crippen molar-refractivity contribution in [1.82, 2.24) is 29.7 Å². The van der Waals surface area contributed by atoms with E-state index in [1.165, 1.54) is 16.7 Å². The Balaban J connectivity index is 1.26. The number of aromatic amines is 1. The van der Waals surface area contributed by atoms with Crippen LogP contribution in [0.15, 0.2) is 58.3 Å². The number of thioether (sulfide) groups is 1. The van der Waals surface area contributed by atoms with Gasteiger partial charge in [0, 0.05) is 53.7 Å². The van der Waals surface area contributed by atoms with Crippen LogP contribution in [0.1, 0.15) is 28.2 Å². The Morgan fingerprint density at radius 3 is 2.91 bits per heavy atom. The number of pyridine rings is 1. The smallest absolute Gasteiger partial charge is 0.378 e. The first-order valence-electron chi connectivity index (χ1n) is 13.2. The highest BCUT2D eigenvalue weighted by molar-refractivity contribution is 8.00. The Labute approximate surface area is 246 Å². The molecule has 0 spiro atoms. The molecule has 1 aliphatic heterocycles. The second-order valence-corrected chi connectivity index (χ2v) is 11.2. The van der Waals surface area contributed by atoms with Crippen LogP contribution >= 0.6 is 11.8 Å². The van der Waals surface area contributed by atoms with Crippen molar-refractivity contribution in [3.05, 3.63) is 65.8 Å². The predicted molar refractivity (Wildman–Crippen MR) is 151 cm³/mol. The molecule has 5 heterocycles. The lowest BCUT2D eigenvalue weighted by atomic mass is 10.0. The number of amides is 1. The van der Waals surface area contributed by atoms with E-state index >= 15 is 0 Å². The number of anilines is 1. The van der Waals surface area contributed by atoms with E-state index in [1.807, 2.05) is 11.9 Å². The molecule has 1 amide bonds. The van der Waals surface area contributed by atoms with E-state index in [9.17, 15) is 27.6 Å². The van der Waals surface area contributed by atoms with Crippen molar-refractivity contribution in [1.29, 1.82) is 5.26 Å². The molecule has 10 nitrogen and oxygen atoms in total. The highest BCUT2D eigenvalue weighted by Gasteiger charge is 2.34. The Kier molecular flexibility index (Phi) is 7.49. The average Bonchev–Trinajstić information content (AvgIpc) is 3.69. The topological polar surface area (TPSA) is 127 Å². The fourth-order valence-corrected chi connectivity index (χ4v) is 5.87. The molecule has 0 unspecified atom stereocenters. The number of hydrogen-bond acceptors (Lipinski definition) is 8. The van der Waals surface area contributed by atoms with Crippen LogP contribution in [-0.4, -0.2) is 68.2 Å². The summed E-state index contributed by atoms with van der Waals surface area (Å²) in [5.41, 5.74) is -2.27. The normalized spacial score (nSPS) is 17.8. The van der Waals surface area contributed by atoms with Crippen LogP contribution in [0.25, 0.3) is 27.8 Å². The number of nitriles is 1. The number of likely N-dealkylation sites (tertiary alicyclic amines) is 1. The lowest BCUT2D eigenvalue weighted by molar-refractivity contribution is -0.0329. The van der Waals surface area contributed by atoms with Crippen molar-refractivity contribution in [2.75, 3.05) is 25.5 Å². The molecule has 2 atom stereocenters. The summed E-state index contributed by atoms with van der Waals surface area (Å²) in [6, 6.07) is 11.2. The molecule has 1 aromatic carbocycles. The lowest BCUT2D eigenvalue weighted by Gasteiger charge is -2.33. The SMILES string of the molecule is CN1CC[C@@H](Nc2cccn3c(SC(F)(F)F)c(-c4noc(CNC(=O)c5ccc6[nH]cc(C#N)c6c5)n4)cc23)[C@@H](F)C1. The fourth-order valence-electron chi connectivity index (χ4n) is 5.14. The minimum atomic E-state index is -4.61. The van der Waals surface area contributed by atoms with E-state index in [0.717, 1.165) is 0 Å². The largest absolute Gasteiger partial charge is 0.447 e. The maximum atomic E-state index is 14.7. The number of halogens is 4. The molecule has 0 aliphatic carbocycles. The standard InChI is InChI=1S/C28H24F4N8O2S/c1-39-8-6-21(19(29)14-39)36-22-3-2-7-40-23(22)10-18(27(40)43-28(30,31)32)25-37-24(42-38-25)13-35-26(41)15-4-5-20-17(9-15)16(11-33)12-34-20/h2-5,7,9-10,12,19,21,34,36H,6,8,13-14H2,1H3,(H,35,41)/t19-,21+/m0/s1. The molecular formula is C28H24F4N8O2S. The van der Waals surface area contributed by atoms with Crippen LogP contribution in [-0.2, 0) is 6.54 Å². The number of aromatic nitrogens is 4. The van der Waals surface area contributed by atoms with Gasteiger partial charge in [-0.3, -0.25) is 4.79 Å². The summed E-state index contributed by atoms with van der Waals surface area (Å²) >= 11 is -0.319. The molecule has 15 heteroatoms. The van der Waals surface area contributed by atoms with Gasteiger partial charge >= 0.3 is 5.51 Å². The zero-order chi connectivity index (χ0) is 30.3. The maximum absolute atomic E-state index is 14.7. The Hall–Kier alpha value is -4.55. The number of hydrogen-bond donors (Lipinski definition) is 3. The van der Waals surface area contributed by atoms with Gasteiger partial charge in [0.2, 0.25) is 11.7 Å². The third-order valence-electron chi connectivity index (χ3n) is 7.24. The first-order chi connectivity index (χ1) is 20.6. The van der Waals surface area contributed by atoms with Crippen molar-refractivity contribution in [3.63, 3.8) is 0 Å². The molecule has 222 valence electrons. The molecule has 1 saturated heterocycles. The Morgan fingerprint density at radius 1 is 1.30 bits per heavy atom. The number of carbonyl (C=O) groups is 1. The maximum Gasteiger partial charge on any atom is 0.447 e. The van der Waals surface area contributed by atoms with E-state index in [-0.39, 0.29) is 47.2 Å². The van der Waals surface area contributed by atoms with Gasteiger partial charge in [0.05, 0.1) is 39.9 Å². The first-order valence-corrected chi connectivity index (χ1v) is 14.0. The number of benzene rings is 1. The van der Waals surface area contributed by atoms with Crippen molar-refractivity contribution in [2.24, 2.45) is 0 Å². The van der Waals surface area contributed by atoms with Gasteiger partial charge in [-0.25, -0.2) is 4.39 Å². The van der Waals surface area contributed by atoms with Crippen LogP contribution < -0.4 is 10.6 Å². The molecule has 4 aromatic heterocycles. The average molecular weight is 613 g/mol. The van der Waals surface area contributed by atoms with Crippen LogP contribution in [0.5, 0.6) is 0 Å². The Morgan fingerprint density at radius 2 is 2.14 bits per heavy atom. The van der Waals surface area contributed by atoms with Crippen molar-refractivity contribution >= 4 is 39.8 Å². The summed E-state index contributed by atoms with van der Waals surface area (Å²) in [5, 5.41) is 19.4. The molecule has 0 radical (unpaired) electrons. The van der Waals surface area contributed by atoms with Gasteiger partial charge in [0.25, 0.3) is 5.91 Å². The third-order valence-corrected chi connectivity index (χ3v) is 8.08. The number of nitrogens with one attached hydrogen (secondary N) is 3. The molecular weight excluding hydrogens is 588 g/mol. The van der Waals surface area contributed by atoms with Crippen molar-refractivity contribution in [2.45, 2.75) is 35.7 Å². The first kappa shape index (κ1) is 28.6. The number of H-pyrrole nitrogens is 1. The molecule has 1 aliphatic rings. The number of carbonyl (C=O) groups excluding carboxylic acids is 1. The van der Waals surface area contributed by atoms with E-state index in [0.29, 0.717) is 46.2 Å². The van der Waals surface area contributed by atoms with Gasteiger partial charge in [0.15, 0.2) is 0 Å². The molecule has 43 heavy (non-hydrogen) atoms. The minimum absolute atomic E-state index is 0.0213. The molecule has 3 N–H and O–H groups in total.